The van der Waals surface area contributed by atoms with Gasteiger partial charge < -0.3 is 5.11 Å². The minimum atomic E-state index is -0.853. The Bertz CT molecular complexity index is 415. The second-order valence-electron chi connectivity index (χ2n) is 5.31. The summed E-state index contributed by atoms with van der Waals surface area (Å²) in [6.07, 6.45) is 4.46. The van der Waals surface area contributed by atoms with Crippen molar-refractivity contribution in [3.05, 3.63) is 35.1 Å². The van der Waals surface area contributed by atoms with E-state index in [0.717, 1.165) is 18.4 Å². The van der Waals surface area contributed by atoms with Crippen molar-refractivity contribution in [2.45, 2.75) is 38.2 Å². The van der Waals surface area contributed by atoms with Crippen molar-refractivity contribution >= 4 is 0 Å². The second-order valence-corrected chi connectivity index (χ2v) is 5.31. The molecule has 0 amide bonds. The van der Waals surface area contributed by atoms with Gasteiger partial charge in [0.05, 0.1) is 5.60 Å². The quantitative estimate of drug-likeness (QED) is 0.771. The van der Waals surface area contributed by atoms with Gasteiger partial charge in [-0.1, -0.05) is 25.0 Å². The molecule has 0 bridgehead atoms. The highest BCUT2D eigenvalue weighted by Crippen LogP contribution is 2.64. The van der Waals surface area contributed by atoms with Crippen LogP contribution in [0.2, 0.25) is 0 Å². The van der Waals surface area contributed by atoms with Gasteiger partial charge in [0.1, 0.15) is 5.82 Å². The largest absolute Gasteiger partial charge is 0.384 e. The van der Waals surface area contributed by atoms with Crippen LogP contribution in [-0.2, 0) is 5.60 Å². The molecule has 2 atom stereocenters. The first-order chi connectivity index (χ1) is 7.64. The summed E-state index contributed by atoms with van der Waals surface area (Å²) in [7, 11) is 0. The molecule has 0 aliphatic heterocycles. The average molecular weight is 220 g/mol. The van der Waals surface area contributed by atoms with Crippen molar-refractivity contribution in [3.63, 3.8) is 0 Å². The summed E-state index contributed by atoms with van der Waals surface area (Å²) in [5, 5.41) is 10.6. The van der Waals surface area contributed by atoms with Crippen LogP contribution in [0.4, 0.5) is 4.39 Å². The smallest absolute Gasteiger partial charge is 0.129 e. The second kappa shape index (κ2) is 3.30. The summed E-state index contributed by atoms with van der Waals surface area (Å²) in [5.41, 5.74) is 0.581. The van der Waals surface area contributed by atoms with Gasteiger partial charge in [0.25, 0.3) is 0 Å². The fraction of sp³-hybridized carbons (Fsp3) is 0.571. The molecule has 3 rings (SSSR count). The number of halogens is 1. The number of aryl methyl sites for hydroxylation is 1. The minimum Gasteiger partial charge on any atom is -0.384 e. The van der Waals surface area contributed by atoms with Crippen molar-refractivity contribution in [2.75, 3.05) is 0 Å². The van der Waals surface area contributed by atoms with Gasteiger partial charge in [-0.05, 0) is 43.2 Å². The minimum absolute atomic E-state index is 0.239. The molecule has 2 fully saturated rings. The maximum atomic E-state index is 13.9. The Morgan fingerprint density at radius 3 is 2.44 bits per heavy atom. The van der Waals surface area contributed by atoms with Gasteiger partial charge in [-0.15, -0.1) is 0 Å². The van der Waals surface area contributed by atoms with Gasteiger partial charge in [0, 0.05) is 5.56 Å². The molecular weight excluding hydrogens is 203 g/mol. The molecular formula is C14H17FO. The number of rotatable bonds is 1. The summed E-state index contributed by atoms with van der Waals surface area (Å²) in [6, 6.07) is 5.18. The van der Waals surface area contributed by atoms with Crippen molar-refractivity contribution in [3.8, 4) is 0 Å². The lowest BCUT2D eigenvalue weighted by molar-refractivity contribution is 0.113. The van der Waals surface area contributed by atoms with Crippen LogP contribution in [0.5, 0.6) is 0 Å². The molecule has 16 heavy (non-hydrogen) atoms. The van der Waals surface area contributed by atoms with Crippen LogP contribution in [0, 0.1) is 24.6 Å². The lowest BCUT2D eigenvalue weighted by Crippen LogP contribution is -2.12. The molecule has 0 spiro atoms. The molecule has 2 aliphatic carbocycles. The summed E-state index contributed by atoms with van der Waals surface area (Å²) in [6.45, 7) is 1.87. The fourth-order valence-corrected chi connectivity index (χ4v) is 3.44. The van der Waals surface area contributed by atoms with E-state index in [0.29, 0.717) is 17.4 Å². The molecule has 1 aromatic rings. The highest BCUT2D eigenvalue weighted by atomic mass is 19.1. The average Bonchev–Trinajstić information content (AvgIpc) is 2.86. The van der Waals surface area contributed by atoms with Gasteiger partial charge in [-0.2, -0.15) is 0 Å². The van der Waals surface area contributed by atoms with Gasteiger partial charge in [-0.25, -0.2) is 4.39 Å². The van der Waals surface area contributed by atoms with Crippen molar-refractivity contribution in [1.29, 1.82) is 0 Å². The van der Waals surface area contributed by atoms with E-state index in [1.807, 2.05) is 13.0 Å². The highest BCUT2D eigenvalue weighted by molar-refractivity contribution is 5.36. The molecule has 0 heterocycles. The number of benzene rings is 1. The van der Waals surface area contributed by atoms with Crippen LogP contribution < -0.4 is 0 Å². The first-order valence-corrected chi connectivity index (χ1v) is 6.13. The predicted octanol–water partition coefficient (Wildman–Crippen LogP) is 3.14. The summed E-state index contributed by atoms with van der Waals surface area (Å²) in [4.78, 5) is 0. The number of hydrogen-bond donors (Lipinski definition) is 1. The molecule has 0 radical (unpaired) electrons. The molecule has 2 aliphatic rings. The number of aliphatic hydroxyl groups is 1. The first-order valence-electron chi connectivity index (χ1n) is 6.13. The molecule has 0 saturated heterocycles. The van der Waals surface area contributed by atoms with E-state index < -0.39 is 5.60 Å². The lowest BCUT2D eigenvalue weighted by atomic mass is 10.0. The highest BCUT2D eigenvalue weighted by Gasteiger charge is 2.65. The van der Waals surface area contributed by atoms with Crippen LogP contribution in [0.3, 0.4) is 0 Å². The topological polar surface area (TPSA) is 20.2 Å². The molecule has 1 N–H and O–H groups in total. The Morgan fingerprint density at radius 2 is 1.88 bits per heavy atom. The van der Waals surface area contributed by atoms with Crippen LogP contribution in [0.1, 0.15) is 36.8 Å². The standard InChI is InChI=1S/C14H17FO/c1-9-6-7-12(13(15)8-9)14(16)10-4-2-3-5-11(10)14/h6-8,10-11,16H,2-5H2,1H3. The van der Waals surface area contributed by atoms with E-state index in [1.165, 1.54) is 18.9 Å². The predicted molar refractivity (Wildman–Crippen MR) is 60.5 cm³/mol. The fourth-order valence-electron chi connectivity index (χ4n) is 3.44. The maximum absolute atomic E-state index is 13.9. The zero-order valence-corrected chi connectivity index (χ0v) is 9.54. The van der Waals surface area contributed by atoms with Crippen molar-refractivity contribution < 1.29 is 9.50 Å². The van der Waals surface area contributed by atoms with E-state index >= 15 is 0 Å². The van der Waals surface area contributed by atoms with E-state index in [9.17, 15) is 9.50 Å². The summed E-state index contributed by atoms with van der Waals surface area (Å²) < 4.78 is 13.9. The normalized spacial score (nSPS) is 36.9. The molecule has 2 unspecified atom stereocenters. The van der Waals surface area contributed by atoms with E-state index in [4.69, 9.17) is 0 Å². The third kappa shape index (κ3) is 1.26. The first kappa shape index (κ1) is 10.3. The third-order valence-corrected chi connectivity index (χ3v) is 4.34. The zero-order valence-electron chi connectivity index (χ0n) is 9.54. The Hall–Kier alpha value is -0.890. The molecule has 2 saturated carbocycles. The lowest BCUT2D eigenvalue weighted by Gasteiger charge is -2.12. The van der Waals surface area contributed by atoms with Crippen LogP contribution in [-0.4, -0.2) is 5.11 Å². The van der Waals surface area contributed by atoms with Gasteiger partial charge >= 0.3 is 0 Å². The Labute approximate surface area is 95.3 Å². The third-order valence-electron chi connectivity index (χ3n) is 4.34. The van der Waals surface area contributed by atoms with E-state index in [2.05, 4.69) is 0 Å². The maximum Gasteiger partial charge on any atom is 0.129 e. The molecule has 86 valence electrons. The van der Waals surface area contributed by atoms with E-state index in [1.54, 1.807) is 6.07 Å². The van der Waals surface area contributed by atoms with Crippen LogP contribution in [0.25, 0.3) is 0 Å². The van der Waals surface area contributed by atoms with Crippen molar-refractivity contribution in [2.24, 2.45) is 11.8 Å². The molecule has 1 aromatic carbocycles. The molecule has 1 nitrogen and oxygen atoms in total. The van der Waals surface area contributed by atoms with E-state index in [-0.39, 0.29) is 5.82 Å². The number of fused-ring (bicyclic) bond motifs is 1. The Balaban J connectivity index is 1.98. The zero-order chi connectivity index (χ0) is 11.3. The Morgan fingerprint density at radius 1 is 1.25 bits per heavy atom. The monoisotopic (exact) mass is 220 g/mol. The van der Waals surface area contributed by atoms with Crippen LogP contribution >= 0.6 is 0 Å². The van der Waals surface area contributed by atoms with Crippen molar-refractivity contribution in [1.82, 2.24) is 0 Å². The van der Waals surface area contributed by atoms with Gasteiger partial charge in [0.15, 0.2) is 0 Å². The van der Waals surface area contributed by atoms with Crippen LogP contribution in [0.15, 0.2) is 18.2 Å². The van der Waals surface area contributed by atoms with Gasteiger partial charge in [0.2, 0.25) is 0 Å². The SMILES string of the molecule is Cc1ccc(C2(O)C3CCCCC32)c(F)c1. The van der Waals surface area contributed by atoms with Gasteiger partial charge in [-0.3, -0.25) is 0 Å². The molecule has 2 heteroatoms. The summed E-state index contributed by atoms with van der Waals surface area (Å²) in [5.74, 6) is 0.369. The number of hydrogen-bond acceptors (Lipinski definition) is 1. The Kier molecular flexibility index (Phi) is 2.12. The molecule has 0 aromatic heterocycles. The summed E-state index contributed by atoms with van der Waals surface area (Å²) >= 11 is 0.